The molecule has 0 saturated heterocycles. The molecule has 10 aromatic rings. The quantitative estimate of drug-likeness (QED) is 0.172. The largest absolute Gasteiger partial charge is 0.308 e. The number of hydrogen-bond donors (Lipinski definition) is 0. The fourth-order valence-electron chi connectivity index (χ4n) is 7.45. The van der Waals surface area contributed by atoms with E-state index in [0.29, 0.717) is 0 Å². The second kappa shape index (κ2) is 11.7. The van der Waals surface area contributed by atoms with Gasteiger partial charge in [-0.05, 0) is 91.0 Å². The molecule has 0 aliphatic carbocycles. The Hall–Kier alpha value is -6.29. The summed E-state index contributed by atoms with van der Waals surface area (Å²) >= 11 is 1.83. The molecule has 8 aromatic carbocycles. The van der Waals surface area contributed by atoms with Crippen LogP contribution < -0.4 is 4.90 Å². The van der Waals surface area contributed by atoms with Crippen LogP contribution in [-0.2, 0) is 0 Å². The van der Waals surface area contributed by atoms with Crippen LogP contribution in [0.3, 0.4) is 0 Å². The maximum absolute atomic E-state index is 4.78. The summed E-state index contributed by atoms with van der Waals surface area (Å²) in [6, 6.07) is 61.6. The third-order valence-electron chi connectivity index (χ3n) is 9.93. The Labute approximate surface area is 294 Å². The average molecular weight is 655 g/mol. The molecule has 0 unspecified atom stereocenters. The molecule has 0 atom stereocenters. The fourth-order valence-corrected chi connectivity index (χ4v) is 8.63. The van der Waals surface area contributed by atoms with Gasteiger partial charge in [0.2, 0.25) is 0 Å². The summed E-state index contributed by atoms with van der Waals surface area (Å²) in [5.41, 5.74) is 8.05. The lowest BCUT2D eigenvalue weighted by atomic mass is 9.94. The molecule has 0 fully saturated rings. The second-order valence-electron chi connectivity index (χ2n) is 12.8. The van der Waals surface area contributed by atoms with Crippen LogP contribution in [0.4, 0.5) is 17.1 Å². The zero-order valence-corrected chi connectivity index (χ0v) is 27.9. The Kier molecular flexibility index (Phi) is 6.71. The van der Waals surface area contributed by atoms with Crippen LogP contribution in [-0.4, -0.2) is 4.98 Å². The van der Waals surface area contributed by atoms with E-state index in [1.807, 2.05) is 23.7 Å². The first kappa shape index (κ1) is 28.7. The Morgan fingerprint density at radius 3 is 1.72 bits per heavy atom. The monoisotopic (exact) mass is 654 g/mol. The van der Waals surface area contributed by atoms with E-state index in [1.165, 1.54) is 74.7 Å². The molecule has 10 rings (SSSR count). The van der Waals surface area contributed by atoms with Gasteiger partial charge in [0.15, 0.2) is 0 Å². The van der Waals surface area contributed by atoms with Gasteiger partial charge in [-0.15, -0.1) is 11.3 Å². The predicted molar refractivity (Wildman–Crippen MR) is 215 cm³/mol. The van der Waals surface area contributed by atoms with Crippen molar-refractivity contribution in [2.24, 2.45) is 0 Å². The van der Waals surface area contributed by atoms with Gasteiger partial charge in [-0.1, -0.05) is 133 Å². The van der Waals surface area contributed by atoms with Crippen molar-refractivity contribution in [2.75, 3.05) is 4.90 Å². The zero-order valence-electron chi connectivity index (χ0n) is 27.1. The van der Waals surface area contributed by atoms with Crippen LogP contribution in [0.15, 0.2) is 182 Å². The van der Waals surface area contributed by atoms with Crippen molar-refractivity contribution in [1.82, 2.24) is 4.98 Å². The molecule has 0 radical (unpaired) electrons. The third-order valence-corrected chi connectivity index (χ3v) is 11.1. The highest BCUT2D eigenvalue weighted by molar-refractivity contribution is 7.26. The van der Waals surface area contributed by atoms with Crippen molar-refractivity contribution < 1.29 is 0 Å². The first-order chi connectivity index (χ1) is 24.8. The molecular weight excluding hydrogens is 625 g/mol. The first-order valence-electron chi connectivity index (χ1n) is 16.9. The molecule has 2 heterocycles. The van der Waals surface area contributed by atoms with Gasteiger partial charge in [-0.2, -0.15) is 0 Å². The molecule has 0 aliphatic rings. The van der Waals surface area contributed by atoms with Crippen molar-refractivity contribution in [3.8, 4) is 22.3 Å². The summed E-state index contributed by atoms with van der Waals surface area (Å²) in [5, 5.41) is 10.1. The van der Waals surface area contributed by atoms with Gasteiger partial charge in [-0.25, -0.2) is 0 Å². The van der Waals surface area contributed by atoms with Crippen molar-refractivity contribution >= 4 is 80.9 Å². The summed E-state index contributed by atoms with van der Waals surface area (Å²) in [6.07, 6.45) is 4.01. The van der Waals surface area contributed by atoms with Crippen LogP contribution in [0.2, 0.25) is 0 Å². The topological polar surface area (TPSA) is 16.1 Å². The molecule has 0 saturated carbocycles. The lowest BCUT2D eigenvalue weighted by Gasteiger charge is -2.26. The standard InChI is InChI=1S/C47H30N2S/c1-2-8-31(9-3-1)32-20-24-38(25-21-32)49(44-30-48-29-43-41-12-6-7-13-45(41)50-47(43)44)39-26-22-33(23-27-39)37-19-16-35-15-18-36-17-14-34-10-4-5-11-40(34)46(36)42(35)28-37/h1-30H. The van der Waals surface area contributed by atoms with E-state index in [2.05, 4.69) is 175 Å². The van der Waals surface area contributed by atoms with Crippen LogP contribution in [0.5, 0.6) is 0 Å². The number of rotatable bonds is 5. The summed E-state index contributed by atoms with van der Waals surface area (Å²) < 4.78 is 2.49. The van der Waals surface area contributed by atoms with Crippen LogP contribution in [0.25, 0.3) is 74.7 Å². The van der Waals surface area contributed by atoms with E-state index < -0.39 is 0 Å². The van der Waals surface area contributed by atoms with Gasteiger partial charge >= 0.3 is 0 Å². The van der Waals surface area contributed by atoms with E-state index in [0.717, 1.165) is 17.1 Å². The molecule has 2 nitrogen and oxygen atoms in total. The molecular formula is C47H30N2S. The first-order valence-corrected chi connectivity index (χ1v) is 17.8. The highest BCUT2D eigenvalue weighted by atomic mass is 32.1. The number of anilines is 3. The average Bonchev–Trinajstić information content (AvgIpc) is 3.58. The maximum atomic E-state index is 4.78. The van der Waals surface area contributed by atoms with Crippen LogP contribution in [0.1, 0.15) is 0 Å². The van der Waals surface area contributed by atoms with Gasteiger partial charge in [-0.3, -0.25) is 4.98 Å². The number of aromatic nitrogens is 1. The van der Waals surface area contributed by atoms with Crippen molar-refractivity contribution in [3.05, 3.63) is 182 Å². The minimum atomic E-state index is 1.08. The minimum Gasteiger partial charge on any atom is -0.308 e. The molecule has 50 heavy (non-hydrogen) atoms. The molecule has 0 bridgehead atoms. The summed E-state index contributed by atoms with van der Waals surface area (Å²) in [7, 11) is 0. The number of hydrogen-bond acceptors (Lipinski definition) is 3. The Balaban J connectivity index is 1.11. The van der Waals surface area contributed by atoms with Gasteiger partial charge in [0, 0.05) is 33.0 Å². The fraction of sp³-hybridized carbons (Fsp3) is 0. The lowest BCUT2D eigenvalue weighted by Crippen LogP contribution is -2.10. The Morgan fingerprint density at radius 2 is 0.960 bits per heavy atom. The SMILES string of the molecule is c1ccc(-c2ccc(N(c3ccc(-c4ccc5ccc6ccc7ccccc7c6c5c4)cc3)c3cncc4c3sc3ccccc34)cc2)cc1. The molecule has 2 aromatic heterocycles. The number of benzene rings is 8. The highest BCUT2D eigenvalue weighted by Crippen LogP contribution is 2.45. The molecule has 0 amide bonds. The normalized spacial score (nSPS) is 11.6. The van der Waals surface area contributed by atoms with E-state index in [-0.39, 0.29) is 0 Å². The van der Waals surface area contributed by atoms with E-state index in [1.54, 1.807) is 0 Å². The molecule has 0 aliphatic heterocycles. The lowest BCUT2D eigenvalue weighted by molar-refractivity contribution is 1.26. The smallest absolute Gasteiger partial charge is 0.0824 e. The number of fused-ring (bicyclic) bond motifs is 8. The van der Waals surface area contributed by atoms with Crippen molar-refractivity contribution in [2.45, 2.75) is 0 Å². The number of pyridine rings is 1. The minimum absolute atomic E-state index is 1.08. The zero-order chi connectivity index (χ0) is 33.0. The Morgan fingerprint density at radius 1 is 0.400 bits per heavy atom. The van der Waals surface area contributed by atoms with Gasteiger partial charge in [0.1, 0.15) is 0 Å². The summed E-state index contributed by atoms with van der Waals surface area (Å²) in [4.78, 5) is 7.13. The highest BCUT2D eigenvalue weighted by Gasteiger charge is 2.19. The van der Waals surface area contributed by atoms with Crippen LogP contribution >= 0.6 is 11.3 Å². The molecule has 0 N–H and O–H groups in total. The van der Waals surface area contributed by atoms with Gasteiger partial charge < -0.3 is 4.90 Å². The second-order valence-corrected chi connectivity index (χ2v) is 13.9. The van der Waals surface area contributed by atoms with Crippen LogP contribution in [0, 0.1) is 0 Å². The Bertz CT molecular complexity index is 2850. The summed E-state index contributed by atoms with van der Waals surface area (Å²) in [6.45, 7) is 0. The van der Waals surface area contributed by atoms with Gasteiger partial charge in [0.25, 0.3) is 0 Å². The number of thiophene rings is 1. The van der Waals surface area contributed by atoms with Gasteiger partial charge in [0.05, 0.1) is 16.6 Å². The molecule has 0 spiro atoms. The number of nitrogens with zero attached hydrogens (tertiary/aromatic N) is 2. The summed E-state index contributed by atoms with van der Waals surface area (Å²) in [5.74, 6) is 0. The predicted octanol–water partition coefficient (Wildman–Crippen LogP) is 13.7. The van der Waals surface area contributed by atoms with E-state index in [9.17, 15) is 0 Å². The van der Waals surface area contributed by atoms with E-state index >= 15 is 0 Å². The third kappa shape index (κ3) is 4.74. The molecule has 3 heteroatoms. The van der Waals surface area contributed by atoms with E-state index in [4.69, 9.17) is 4.98 Å². The van der Waals surface area contributed by atoms with Crippen molar-refractivity contribution in [1.29, 1.82) is 0 Å². The molecule has 234 valence electrons. The van der Waals surface area contributed by atoms with Crippen molar-refractivity contribution in [3.63, 3.8) is 0 Å². The maximum Gasteiger partial charge on any atom is 0.0824 e.